The molecule has 0 unspecified atom stereocenters. The lowest BCUT2D eigenvalue weighted by Gasteiger charge is -2.06. The molecule has 0 bridgehead atoms. The zero-order valence-electron chi connectivity index (χ0n) is 12.2. The largest absolute Gasteiger partial charge is 0.478 e. The van der Waals surface area contributed by atoms with Crippen LogP contribution in [0.5, 0.6) is 11.5 Å². The van der Waals surface area contributed by atoms with Gasteiger partial charge in [-0.25, -0.2) is 4.79 Å². The van der Waals surface area contributed by atoms with Gasteiger partial charge in [0.2, 0.25) is 0 Å². The summed E-state index contributed by atoms with van der Waals surface area (Å²) in [7, 11) is 0. The number of hydrogen-bond donors (Lipinski definition) is 1. The SMILES string of the molecule is O=C(O)/C(=C\c1cccc(Oc2ccccc2)c1)c1cccs1. The number of carboxylic acids is 1. The van der Waals surface area contributed by atoms with Crippen molar-refractivity contribution < 1.29 is 14.6 Å². The molecule has 0 fully saturated rings. The summed E-state index contributed by atoms with van der Waals surface area (Å²) in [5.74, 6) is 0.466. The highest BCUT2D eigenvalue weighted by molar-refractivity contribution is 7.11. The second kappa shape index (κ2) is 6.94. The minimum atomic E-state index is -0.943. The average Bonchev–Trinajstić information content (AvgIpc) is 3.08. The monoisotopic (exact) mass is 322 g/mol. The Labute approximate surface area is 138 Å². The highest BCUT2D eigenvalue weighted by atomic mass is 32.1. The fraction of sp³-hybridized carbons (Fsp3) is 0. The first-order valence-corrected chi connectivity index (χ1v) is 7.92. The van der Waals surface area contributed by atoms with Crippen LogP contribution in [-0.2, 0) is 4.79 Å². The van der Waals surface area contributed by atoms with Crippen LogP contribution in [0.4, 0.5) is 0 Å². The zero-order valence-corrected chi connectivity index (χ0v) is 13.0. The van der Waals surface area contributed by atoms with Gasteiger partial charge in [-0.15, -0.1) is 11.3 Å². The van der Waals surface area contributed by atoms with E-state index in [1.54, 1.807) is 12.1 Å². The van der Waals surface area contributed by atoms with E-state index in [2.05, 4.69) is 0 Å². The number of aliphatic carboxylic acids is 1. The van der Waals surface area contributed by atoms with E-state index in [4.69, 9.17) is 4.74 Å². The maximum atomic E-state index is 11.5. The summed E-state index contributed by atoms with van der Waals surface area (Å²) >= 11 is 1.41. The molecule has 0 amide bonds. The quantitative estimate of drug-likeness (QED) is 0.660. The van der Waals surface area contributed by atoms with Gasteiger partial charge in [-0.1, -0.05) is 36.4 Å². The summed E-state index contributed by atoms with van der Waals surface area (Å²) in [6.45, 7) is 0. The predicted octanol–water partition coefficient (Wildman–Crippen LogP) is 5.17. The van der Waals surface area contributed by atoms with Crippen LogP contribution in [0.25, 0.3) is 11.6 Å². The first-order valence-electron chi connectivity index (χ1n) is 7.04. The molecule has 1 aromatic heterocycles. The molecule has 3 rings (SSSR count). The fourth-order valence-electron chi connectivity index (χ4n) is 2.13. The van der Waals surface area contributed by atoms with E-state index in [9.17, 15) is 9.90 Å². The molecule has 0 saturated heterocycles. The number of carboxylic acid groups (broad SMARTS) is 1. The fourth-order valence-corrected chi connectivity index (χ4v) is 2.86. The lowest BCUT2D eigenvalue weighted by Crippen LogP contribution is -1.97. The molecule has 3 nitrogen and oxygen atoms in total. The Hall–Kier alpha value is -2.85. The predicted molar refractivity (Wildman–Crippen MR) is 92.8 cm³/mol. The molecule has 0 saturated carbocycles. The third-order valence-corrected chi connectivity index (χ3v) is 4.07. The van der Waals surface area contributed by atoms with Crippen LogP contribution in [0.3, 0.4) is 0 Å². The van der Waals surface area contributed by atoms with Crippen molar-refractivity contribution in [1.82, 2.24) is 0 Å². The summed E-state index contributed by atoms with van der Waals surface area (Å²) in [5.41, 5.74) is 1.06. The van der Waals surface area contributed by atoms with Gasteiger partial charge in [-0.3, -0.25) is 0 Å². The van der Waals surface area contributed by atoms with Crippen molar-refractivity contribution in [2.45, 2.75) is 0 Å². The van der Waals surface area contributed by atoms with Crippen molar-refractivity contribution >= 4 is 29.0 Å². The Morgan fingerprint density at radius 3 is 2.43 bits per heavy atom. The molecule has 4 heteroatoms. The van der Waals surface area contributed by atoms with Crippen molar-refractivity contribution in [3.8, 4) is 11.5 Å². The van der Waals surface area contributed by atoms with Gasteiger partial charge in [0.15, 0.2) is 0 Å². The van der Waals surface area contributed by atoms with E-state index in [0.29, 0.717) is 5.75 Å². The minimum Gasteiger partial charge on any atom is -0.478 e. The molecule has 114 valence electrons. The first kappa shape index (κ1) is 15.1. The zero-order chi connectivity index (χ0) is 16.1. The Kier molecular flexibility index (Phi) is 4.54. The first-order chi connectivity index (χ1) is 11.2. The van der Waals surface area contributed by atoms with E-state index in [1.807, 2.05) is 66.0 Å². The van der Waals surface area contributed by atoms with E-state index in [1.165, 1.54) is 11.3 Å². The third kappa shape index (κ3) is 3.87. The van der Waals surface area contributed by atoms with Gasteiger partial charge in [-0.05, 0) is 47.4 Å². The Bertz CT molecular complexity index is 821. The molecule has 1 N–H and O–H groups in total. The Morgan fingerprint density at radius 2 is 1.74 bits per heavy atom. The normalized spacial score (nSPS) is 11.2. The maximum absolute atomic E-state index is 11.5. The molecule has 3 aromatic rings. The lowest BCUT2D eigenvalue weighted by atomic mass is 10.1. The van der Waals surface area contributed by atoms with Crippen molar-refractivity contribution in [3.05, 3.63) is 82.6 Å². The van der Waals surface area contributed by atoms with Crippen LogP contribution in [-0.4, -0.2) is 11.1 Å². The molecule has 2 aromatic carbocycles. The lowest BCUT2D eigenvalue weighted by molar-refractivity contribution is -0.130. The molecule has 0 atom stereocenters. The Balaban J connectivity index is 1.90. The molecule has 0 radical (unpaired) electrons. The van der Waals surface area contributed by atoms with Gasteiger partial charge in [0, 0.05) is 4.88 Å². The second-order valence-electron chi connectivity index (χ2n) is 4.83. The number of hydrogen-bond acceptors (Lipinski definition) is 3. The highest BCUT2D eigenvalue weighted by Crippen LogP contribution is 2.26. The molecular formula is C19H14O3S. The Morgan fingerprint density at radius 1 is 0.957 bits per heavy atom. The maximum Gasteiger partial charge on any atom is 0.337 e. The number of benzene rings is 2. The van der Waals surface area contributed by atoms with Gasteiger partial charge in [0.25, 0.3) is 0 Å². The standard InChI is InChI=1S/C19H14O3S/c20-19(21)17(18-10-5-11-23-18)13-14-6-4-9-16(12-14)22-15-7-2-1-3-8-15/h1-13H,(H,20,21)/b17-13-. The molecule has 0 aliphatic heterocycles. The molecule has 0 aliphatic rings. The number of para-hydroxylation sites is 1. The van der Waals surface area contributed by atoms with E-state index in [0.717, 1.165) is 16.2 Å². The van der Waals surface area contributed by atoms with Gasteiger partial charge >= 0.3 is 5.97 Å². The van der Waals surface area contributed by atoms with E-state index < -0.39 is 5.97 Å². The van der Waals surface area contributed by atoms with Crippen LogP contribution >= 0.6 is 11.3 Å². The summed E-state index contributed by atoms with van der Waals surface area (Å²) in [6.07, 6.45) is 1.66. The van der Waals surface area contributed by atoms with Gasteiger partial charge in [-0.2, -0.15) is 0 Å². The van der Waals surface area contributed by atoms with Gasteiger partial charge in [0.05, 0.1) is 5.57 Å². The van der Waals surface area contributed by atoms with Crippen molar-refractivity contribution in [1.29, 1.82) is 0 Å². The summed E-state index contributed by atoms with van der Waals surface area (Å²) in [4.78, 5) is 12.2. The summed E-state index contributed by atoms with van der Waals surface area (Å²) < 4.78 is 5.78. The number of thiophene rings is 1. The number of carbonyl (C=O) groups is 1. The number of rotatable bonds is 5. The molecular weight excluding hydrogens is 308 g/mol. The average molecular weight is 322 g/mol. The van der Waals surface area contributed by atoms with Crippen LogP contribution in [0.1, 0.15) is 10.4 Å². The highest BCUT2D eigenvalue weighted by Gasteiger charge is 2.11. The van der Waals surface area contributed by atoms with Crippen molar-refractivity contribution in [3.63, 3.8) is 0 Å². The van der Waals surface area contributed by atoms with Crippen molar-refractivity contribution in [2.24, 2.45) is 0 Å². The third-order valence-electron chi connectivity index (χ3n) is 3.17. The molecule has 0 aliphatic carbocycles. The van der Waals surface area contributed by atoms with Gasteiger partial charge < -0.3 is 9.84 Å². The van der Waals surface area contributed by atoms with Gasteiger partial charge in [0.1, 0.15) is 11.5 Å². The van der Waals surface area contributed by atoms with Crippen LogP contribution in [0.15, 0.2) is 72.1 Å². The van der Waals surface area contributed by atoms with E-state index >= 15 is 0 Å². The van der Waals surface area contributed by atoms with Crippen LogP contribution < -0.4 is 4.74 Å². The minimum absolute atomic E-state index is 0.275. The number of ether oxygens (including phenoxy) is 1. The van der Waals surface area contributed by atoms with Crippen molar-refractivity contribution in [2.75, 3.05) is 0 Å². The smallest absolute Gasteiger partial charge is 0.337 e. The summed E-state index contributed by atoms with van der Waals surface area (Å²) in [6, 6.07) is 20.5. The van der Waals surface area contributed by atoms with Crippen LogP contribution in [0, 0.1) is 0 Å². The topological polar surface area (TPSA) is 46.5 Å². The molecule has 1 heterocycles. The molecule has 23 heavy (non-hydrogen) atoms. The second-order valence-corrected chi connectivity index (χ2v) is 5.78. The molecule has 0 spiro atoms. The van der Waals surface area contributed by atoms with Crippen LogP contribution in [0.2, 0.25) is 0 Å². The van der Waals surface area contributed by atoms with E-state index in [-0.39, 0.29) is 5.57 Å². The summed E-state index contributed by atoms with van der Waals surface area (Å²) in [5, 5.41) is 11.3.